The van der Waals surface area contributed by atoms with Crippen LogP contribution in [-0.2, 0) is 4.79 Å². The predicted molar refractivity (Wildman–Crippen MR) is 68.9 cm³/mol. The number of benzene rings is 1. The van der Waals surface area contributed by atoms with E-state index in [4.69, 9.17) is 0 Å². The minimum absolute atomic E-state index is 0.180. The third-order valence-corrected chi connectivity index (χ3v) is 3.64. The Bertz CT molecular complexity index is 546. The van der Waals surface area contributed by atoms with Gasteiger partial charge in [0.05, 0.1) is 5.56 Å². The van der Waals surface area contributed by atoms with Crippen molar-refractivity contribution in [1.82, 2.24) is 4.90 Å². The summed E-state index contributed by atoms with van der Waals surface area (Å²) >= 11 is 0. The molecule has 0 radical (unpaired) electrons. The van der Waals surface area contributed by atoms with Crippen LogP contribution in [0.4, 0.5) is 4.39 Å². The van der Waals surface area contributed by atoms with Gasteiger partial charge >= 0.3 is 5.97 Å². The van der Waals surface area contributed by atoms with Crippen molar-refractivity contribution in [3.8, 4) is 5.75 Å². The van der Waals surface area contributed by atoms with E-state index >= 15 is 0 Å². The summed E-state index contributed by atoms with van der Waals surface area (Å²) in [5.41, 5.74) is -0.203. The van der Waals surface area contributed by atoms with E-state index in [1.807, 2.05) is 0 Å². The molecule has 1 aliphatic heterocycles. The van der Waals surface area contributed by atoms with Crippen molar-refractivity contribution in [3.63, 3.8) is 0 Å². The topological polar surface area (TPSA) is 77.8 Å². The van der Waals surface area contributed by atoms with E-state index < -0.39 is 23.7 Å². The molecule has 0 saturated carbocycles. The number of carboxylic acids is 1. The summed E-state index contributed by atoms with van der Waals surface area (Å²) in [6.45, 7) is 2.06. The highest BCUT2D eigenvalue weighted by molar-refractivity contribution is 5.99. The highest BCUT2D eigenvalue weighted by Crippen LogP contribution is 2.28. The van der Waals surface area contributed by atoms with Gasteiger partial charge in [0.25, 0.3) is 5.91 Å². The van der Waals surface area contributed by atoms with Crippen molar-refractivity contribution >= 4 is 11.9 Å². The van der Waals surface area contributed by atoms with Crippen molar-refractivity contribution in [3.05, 3.63) is 29.6 Å². The van der Waals surface area contributed by atoms with Gasteiger partial charge in [-0.3, -0.25) is 4.79 Å². The summed E-state index contributed by atoms with van der Waals surface area (Å²) in [4.78, 5) is 24.9. The summed E-state index contributed by atoms with van der Waals surface area (Å²) in [6, 6.07) is 2.11. The highest BCUT2D eigenvalue weighted by Gasteiger charge is 2.38. The molecule has 1 aliphatic rings. The Balaban J connectivity index is 2.35. The maximum Gasteiger partial charge on any atom is 0.326 e. The van der Waals surface area contributed by atoms with E-state index in [9.17, 15) is 24.2 Å². The van der Waals surface area contributed by atoms with Crippen LogP contribution in [0, 0.1) is 11.7 Å². The zero-order valence-corrected chi connectivity index (χ0v) is 11.0. The average Bonchev–Trinajstić information content (AvgIpc) is 2.40. The van der Waals surface area contributed by atoms with Crippen molar-refractivity contribution in [2.75, 3.05) is 6.54 Å². The van der Waals surface area contributed by atoms with Gasteiger partial charge in [-0.05, 0) is 37.0 Å². The molecule has 6 heteroatoms. The van der Waals surface area contributed by atoms with Gasteiger partial charge in [0, 0.05) is 6.54 Å². The largest absolute Gasteiger partial charge is 0.507 e. The molecule has 5 nitrogen and oxygen atoms in total. The van der Waals surface area contributed by atoms with Gasteiger partial charge in [-0.2, -0.15) is 0 Å². The van der Waals surface area contributed by atoms with Gasteiger partial charge in [-0.15, -0.1) is 0 Å². The van der Waals surface area contributed by atoms with E-state index in [1.165, 1.54) is 4.90 Å². The summed E-state index contributed by atoms with van der Waals surface area (Å²) in [5.74, 6) is -2.91. The average molecular weight is 281 g/mol. The molecule has 1 aromatic carbocycles. The number of hydrogen-bond acceptors (Lipinski definition) is 3. The van der Waals surface area contributed by atoms with Crippen LogP contribution in [0.15, 0.2) is 18.2 Å². The van der Waals surface area contributed by atoms with Crippen molar-refractivity contribution < 1.29 is 24.2 Å². The molecule has 1 fully saturated rings. The van der Waals surface area contributed by atoms with Gasteiger partial charge in [0.1, 0.15) is 17.6 Å². The lowest BCUT2D eigenvalue weighted by Crippen LogP contribution is -2.51. The van der Waals surface area contributed by atoms with Crippen molar-refractivity contribution in [1.29, 1.82) is 0 Å². The van der Waals surface area contributed by atoms with Gasteiger partial charge in [0.15, 0.2) is 0 Å². The number of aliphatic carboxylic acids is 1. The smallest absolute Gasteiger partial charge is 0.326 e. The third kappa shape index (κ3) is 2.59. The second-order valence-electron chi connectivity index (χ2n) is 5.06. The number of hydrogen-bond donors (Lipinski definition) is 2. The number of rotatable bonds is 2. The number of phenols is 1. The molecule has 20 heavy (non-hydrogen) atoms. The molecule has 0 aromatic heterocycles. The minimum Gasteiger partial charge on any atom is -0.507 e. The van der Waals surface area contributed by atoms with E-state index in [0.29, 0.717) is 6.42 Å². The molecule has 1 aromatic rings. The molecular formula is C14H16FNO4. The highest BCUT2D eigenvalue weighted by atomic mass is 19.1. The number of aromatic hydroxyl groups is 1. The molecule has 108 valence electrons. The molecule has 0 bridgehead atoms. The minimum atomic E-state index is -1.08. The van der Waals surface area contributed by atoms with Crippen molar-refractivity contribution in [2.45, 2.75) is 25.8 Å². The Kier molecular flexibility index (Phi) is 3.92. The number of amides is 1. The molecule has 0 spiro atoms. The van der Waals surface area contributed by atoms with Crippen molar-refractivity contribution in [2.24, 2.45) is 5.92 Å². The number of nitrogens with zero attached hydrogens (tertiary/aromatic N) is 1. The zero-order chi connectivity index (χ0) is 14.9. The predicted octanol–water partition coefficient (Wildman–Crippen LogP) is 1.86. The molecule has 1 amide bonds. The van der Waals surface area contributed by atoms with E-state index in [2.05, 4.69) is 0 Å². The first kappa shape index (κ1) is 14.3. The van der Waals surface area contributed by atoms with Crippen LogP contribution in [-0.4, -0.2) is 39.6 Å². The first-order valence-electron chi connectivity index (χ1n) is 6.44. The monoisotopic (exact) mass is 281 g/mol. The maximum absolute atomic E-state index is 13.2. The van der Waals surface area contributed by atoms with Crippen LogP contribution in [0.25, 0.3) is 0 Å². The fraction of sp³-hybridized carbons (Fsp3) is 0.429. The third-order valence-electron chi connectivity index (χ3n) is 3.64. The molecule has 1 heterocycles. The van der Waals surface area contributed by atoms with Crippen LogP contribution in [0.1, 0.15) is 30.1 Å². The van der Waals surface area contributed by atoms with Gasteiger partial charge < -0.3 is 15.1 Å². The van der Waals surface area contributed by atoms with Crippen LogP contribution < -0.4 is 0 Å². The second-order valence-corrected chi connectivity index (χ2v) is 5.06. The number of likely N-dealkylation sites (tertiary alicyclic amines) is 1. The lowest BCUT2D eigenvalue weighted by atomic mass is 9.90. The Labute approximate surface area is 115 Å². The zero-order valence-electron chi connectivity index (χ0n) is 11.0. The SMILES string of the molecule is CC1CCCN(C(=O)c2cc(F)ccc2O)C1C(=O)O. The first-order chi connectivity index (χ1) is 9.41. The number of carboxylic acid groups (broad SMARTS) is 1. The number of piperidine rings is 1. The number of phenolic OH excluding ortho intramolecular Hbond substituents is 1. The van der Waals surface area contributed by atoms with Gasteiger partial charge in [-0.25, -0.2) is 9.18 Å². The van der Waals surface area contributed by atoms with Gasteiger partial charge in [0.2, 0.25) is 0 Å². The molecule has 2 unspecified atom stereocenters. The summed E-state index contributed by atoms with van der Waals surface area (Å²) in [5, 5.41) is 18.9. The Morgan fingerprint density at radius 3 is 2.75 bits per heavy atom. The number of carbonyl (C=O) groups excluding carboxylic acids is 1. The van der Waals surface area contributed by atoms with E-state index in [1.54, 1.807) is 6.92 Å². The molecule has 2 atom stereocenters. The normalized spacial score (nSPS) is 22.6. The summed E-state index contributed by atoms with van der Waals surface area (Å²) < 4.78 is 13.2. The Morgan fingerprint density at radius 1 is 1.40 bits per heavy atom. The fourth-order valence-electron chi connectivity index (χ4n) is 2.63. The standard InChI is InChI=1S/C14H16FNO4/c1-8-3-2-6-16(12(8)14(19)20)13(18)10-7-9(15)4-5-11(10)17/h4-5,7-8,12,17H,2-3,6H2,1H3,(H,19,20). The lowest BCUT2D eigenvalue weighted by Gasteiger charge is -2.37. The van der Waals surface area contributed by atoms with E-state index in [0.717, 1.165) is 24.6 Å². The molecular weight excluding hydrogens is 265 g/mol. The van der Waals surface area contributed by atoms with Crippen LogP contribution in [0.3, 0.4) is 0 Å². The second kappa shape index (κ2) is 5.48. The molecule has 2 N–H and O–H groups in total. The maximum atomic E-state index is 13.2. The molecule has 2 rings (SSSR count). The summed E-state index contributed by atoms with van der Waals surface area (Å²) in [6.07, 6.45) is 1.41. The van der Waals surface area contributed by atoms with Crippen LogP contribution in [0.5, 0.6) is 5.75 Å². The number of carbonyl (C=O) groups is 2. The Hall–Kier alpha value is -2.11. The number of halogens is 1. The molecule has 0 aliphatic carbocycles. The summed E-state index contributed by atoms with van der Waals surface area (Å²) in [7, 11) is 0. The van der Waals surface area contributed by atoms with Crippen LogP contribution in [0.2, 0.25) is 0 Å². The fourth-order valence-corrected chi connectivity index (χ4v) is 2.63. The first-order valence-corrected chi connectivity index (χ1v) is 6.44. The Morgan fingerprint density at radius 2 is 2.10 bits per heavy atom. The lowest BCUT2D eigenvalue weighted by molar-refractivity contribution is -0.145. The van der Waals surface area contributed by atoms with E-state index in [-0.39, 0.29) is 23.8 Å². The quantitative estimate of drug-likeness (QED) is 0.867. The van der Waals surface area contributed by atoms with Crippen LogP contribution >= 0.6 is 0 Å². The van der Waals surface area contributed by atoms with Gasteiger partial charge in [-0.1, -0.05) is 6.92 Å². The molecule has 1 saturated heterocycles.